The Morgan fingerprint density at radius 3 is 2.69 bits per heavy atom. The molecule has 7 heteroatoms. The van der Waals surface area contributed by atoms with E-state index in [1.807, 2.05) is 27.7 Å². The fourth-order valence-electron chi connectivity index (χ4n) is 2.95. The predicted molar refractivity (Wildman–Crippen MR) is 102 cm³/mol. The first kappa shape index (κ1) is 18.7. The van der Waals surface area contributed by atoms with Crippen LogP contribution in [0.5, 0.6) is 0 Å². The summed E-state index contributed by atoms with van der Waals surface area (Å²) in [6, 6.07) is 4.93. The van der Waals surface area contributed by atoms with Crippen molar-refractivity contribution in [2.24, 2.45) is 0 Å². The summed E-state index contributed by atoms with van der Waals surface area (Å²) in [5, 5.41) is 3.68. The minimum Gasteiger partial charge on any atom is -0.444 e. The minimum atomic E-state index is -0.594. The van der Waals surface area contributed by atoms with Gasteiger partial charge in [-0.05, 0) is 52.2 Å². The standard InChI is InChI=1S/C19H24ClN3O3/c1-5-13(22-18(25)26-19(2,3)4)16-21-14-8-6-7-12(20)15(14)17(24)23(16)11-9-10-11/h6-8,11,13H,5,9-10H2,1-4H3,(H,22,25). The van der Waals surface area contributed by atoms with Gasteiger partial charge in [0.2, 0.25) is 0 Å². The van der Waals surface area contributed by atoms with Crippen molar-refractivity contribution in [2.45, 2.75) is 64.6 Å². The van der Waals surface area contributed by atoms with Gasteiger partial charge in [0, 0.05) is 6.04 Å². The van der Waals surface area contributed by atoms with Gasteiger partial charge >= 0.3 is 6.09 Å². The van der Waals surface area contributed by atoms with E-state index in [4.69, 9.17) is 16.3 Å². The van der Waals surface area contributed by atoms with Crippen LogP contribution in [0.3, 0.4) is 0 Å². The van der Waals surface area contributed by atoms with Crippen molar-refractivity contribution in [1.82, 2.24) is 14.9 Å². The summed E-state index contributed by atoms with van der Waals surface area (Å²) >= 11 is 6.24. The van der Waals surface area contributed by atoms with Gasteiger partial charge < -0.3 is 10.1 Å². The normalized spacial score (nSPS) is 15.7. The number of hydrogen-bond donors (Lipinski definition) is 1. The Bertz CT molecular complexity index is 897. The fourth-order valence-corrected chi connectivity index (χ4v) is 3.20. The van der Waals surface area contributed by atoms with Gasteiger partial charge in [0.25, 0.3) is 5.56 Å². The Balaban J connectivity index is 2.06. The lowest BCUT2D eigenvalue weighted by molar-refractivity contribution is 0.0498. The third-order valence-electron chi connectivity index (χ3n) is 4.23. The molecule has 1 unspecified atom stereocenters. The molecule has 1 atom stereocenters. The summed E-state index contributed by atoms with van der Waals surface area (Å²) in [4.78, 5) is 30.0. The topological polar surface area (TPSA) is 73.2 Å². The Morgan fingerprint density at radius 2 is 2.12 bits per heavy atom. The number of carbonyl (C=O) groups is 1. The summed E-state index contributed by atoms with van der Waals surface area (Å²) in [7, 11) is 0. The van der Waals surface area contributed by atoms with Crippen LogP contribution in [0.1, 0.15) is 64.9 Å². The first-order valence-electron chi connectivity index (χ1n) is 8.91. The maximum atomic E-state index is 13.1. The third-order valence-corrected chi connectivity index (χ3v) is 4.54. The van der Waals surface area contributed by atoms with Gasteiger partial charge in [0.1, 0.15) is 11.4 Å². The second kappa shape index (κ2) is 6.91. The van der Waals surface area contributed by atoms with Gasteiger partial charge in [-0.1, -0.05) is 24.6 Å². The van der Waals surface area contributed by atoms with E-state index in [2.05, 4.69) is 10.3 Å². The second-order valence-corrected chi connectivity index (χ2v) is 8.02. The molecule has 1 N–H and O–H groups in total. The van der Waals surface area contributed by atoms with Gasteiger partial charge in [-0.15, -0.1) is 0 Å². The summed E-state index contributed by atoms with van der Waals surface area (Å²) in [5.74, 6) is 0.556. The van der Waals surface area contributed by atoms with Gasteiger partial charge in [-0.25, -0.2) is 9.78 Å². The van der Waals surface area contributed by atoms with E-state index >= 15 is 0 Å². The molecule has 1 heterocycles. The van der Waals surface area contributed by atoms with E-state index in [0.29, 0.717) is 28.2 Å². The zero-order chi connectivity index (χ0) is 19.1. The fraction of sp³-hybridized carbons (Fsp3) is 0.526. The minimum absolute atomic E-state index is 0.111. The Labute approximate surface area is 157 Å². The number of ether oxygens (including phenoxy) is 1. The summed E-state index contributed by atoms with van der Waals surface area (Å²) in [6.45, 7) is 7.37. The van der Waals surface area contributed by atoms with Gasteiger partial charge in [0.15, 0.2) is 0 Å². The van der Waals surface area contributed by atoms with Crippen LogP contribution in [-0.4, -0.2) is 21.2 Å². The number of carbonyl (C=O) groups excluding carboxylic acids is 1. The molecule has 1 aliphatic rings. The predicted octanol–water partition coefficient (Wildman–Crippen LogP) is 4.36. The molecule has 1 saturated carbocycles. The van der Waals surface area contributed by atoms with Crippen LogP contribution in [-0.2, 0) is 4.74 Å². The van der Waals surface area contributed by atoms with E-state index in [1.165, 1.54) is 0 Å². The first-order valence-corrected chi connectivity index (χ1v) is 9.29. The van der Waals surface area contributed by atoms with Crippen LogP contribution < -0.4 is 10.9 Å². The third kappa shape index (κ3) is 3.85. The molecule has 1 aliphatic carbocycles. The molecule has 1 aromatic heterocycles. The number of rotatable bonds is 4. The molecule has 1 fully saturated rings. The Hall–Kier alpha value is -2.08. The van der Waals surface area contributed by atoms with E-state index in [0.717, 1.165) is 12.8 Å². The van der Waals surface area contributed by atoms with Gasteiger partial charge in [-0.3, -0.25) is 9.36 Å². The van der Waals surface area contributed by atoms with E-state index in [1.54, 1.807) is 22.8 Å². The molecule has 140 valence electrons. The summed E-state index contributed by atoms with van der Waals surface area (Å²) < 4.78 is 7.05. The molecule has 0 bridgehead atoms. The quantitative estimate of drug-likeness (QED) is 0.859. The van der Waals surface area contributed by atoms with Crippen LogP contribution >= 0.6 is 11.6 Å². The molecule has 26 heavy (non-hydrogen) atoms. The largest absolute Gasteiger partial charge is 0.444 e. The first-order chi connectivity index (χ1) is 12.2. The van der Waals surface area contributed by atoms with E-state index in [9.17, 15) is 9.59 Å². The van der Waals surface area contributed by atoms with Gasteiger partial charge in [-0.2, -0.15) is 0 Å². The zero-order valence-corrected chi connectivity index (χ0v) is 16.3. The number of hydrogen-bond acceptors (Lipinski definition) is 4. The molecule has 1 aromatic carbocycles. The average molecular weight is 378 g/mol. The molecule has 0 spiro atoms. The number of amides is 1. The molecule has 0 aliphatic heterocycles. The van der Waals surface area contributed by atoms with Crippen LogP contribution in [0, 0.1) is 0 Å². The summed E-state index contributed by atoms with van der Waals surface area (Å²) in [5.41, 5.74) is -0.204. The van der Waals surface area contributed by atoms with Crippen molar-refractivity contribution in [2.75, 3.05) is 0 Å². The smallest absolute Gasteiger partial charge is 0.408 e. The average Bonchev–Trinajstić information content (AvgIpc) is 3.35. The molecule has 3 rings (SSSR count). The van der Waals surface area contributed by atoms with Crippen LogP contribution in [0.2, 0.25) is 5.02 Å². The molecular weight excluding hydrogens is 354 g/mol. The highest BCUT2D eigenvalue weighted by molar-refractivity contribution is 6.35. The van der Waals surface area contributed by atoms with Gasteiger partial charge in [0.05, 0.1) is 22.0 Å². The molecule has 0 radical (unpaired) electrons. The van der Waals surface area contributed by atoms with Crippen LogP contribution in [0.4, 0.5) is 4.79 Å². The van der Waals surface area contributed by atoms with Crippen molar-refractivity contribution < 1.29 is 9.53 Å². The number of benzene rings is 1. The number of fused-ring (bicyclic) bond motifs is 1. The van der Waals surface area contributed by atoms with Crippen LogP contribution in [0.25, 0.3) is 10.9 Å². The number of nitrogens with one attached hydrogen (secondary N) is 1. The monoisotopic (exact) mass is 377 g/mol. The lowest BCUT2D eigenvalue weighted by Crippen LogP contribution is -2.38. The highest BCUT2D eigenvalue weighted by Crippen LogP contribution is 2.36. The van der Waals surface area contributed by atoms with Crippen molar-refractivity contribution in [3.8, 4) is 0 Å². The number of halogens is 1. The van der Waals surface area contributed by atoms with Crippen molar-refractivity contribution in [3.05, 3.63) is 39.4 Å². The number of aromatic nitrogens is 2. The molecule has 0 saturated heterocycles. The van der Waals surface area contributed by atoms with E-state index in [-0.39, 0.29) is 11.6 Å². The SMILES string of the molecule is CCC(NC(=O)OC(C)(C)C)c1nc2cccc(Cl)c2c(=O)n1C1CC1. The zero-order valence-electron chi connectivity index (χ0n) is 15.5. The summed E-state index contributed by atoms with van der Waals surface area (Å²) in [6.07, 6.45) is 1.91. The highest BCUT2D eigenvalue weighted by Gasteiger charge is 2.32. The molecular formula is C19H24ClN3O3. The maximum Gasteiger partial charge on any atom is 0.408 e. The maximum absolute atomic E-state index is 13.1. The molecule has 6 nitrogen and oxygen atoms in total. The van der Waals surface area contributed by atoms with Crippen molar-refractivity contribution >= 4 is 28.6 Å². The Morgan fingerprint density at radius 1 is 1.42 bits per heavy atom. The Kier molecular flexibility index (Phi) is 4.97. The molecule has 1 amide bonds. The van der Waals surface area contributed by atoms with Crippen LogP contribution in [0.15, 0.2) is 23.0 Å². The lowest BCUT2D eigenvalue weighted by Gasteiger charge is -2.24. The second-order valence-electron chi connectivity index (χ2n) is 7.62. The lowest BCUT2D eigenvalue weighted by atomic mass is 10.1. The highest BCUT2D eigenvalue weighted by atomic mass is 35.5. The van der Waals surface area contributed by atoms with E-state index < -0.39 is 17.7 Å². The molecule has 2 aromatic rings. The number of alkyl carbamates (subject to hydrolysis) is 1. The number of nitrogens with zero attached hydrogens (tertiary/aromatic N) is 2. The van der Waals surface area contributed by atoms with Crippen molar-refractivity contribution in [3.63, 3.8) is 0 Å². The van der Waals surface area contributed by atoms with Crippen molar-refractivity contribution in [1.29, 1.82) is 0 Å².